The fourth-order valence-corrected chi connectivity index (χ4v) is 1.15. The van der Waals surface area contributed by atoms with Crippen molar-refractivity contribution in [1.29, 1.82) is 0 Å². The zero-order valence-electron chi connectivity index (χ0n) is 10.9. The first-order valence-corrected chi connectivity index (χ1v) is 5.79. The summed E-state index contributed by atoms with van der Waals surface area (Å²) in [4.78, 5) is 0. The molecule has 0 aliphatic rings. The molecule has 0 saturated heterocycles. The zero-order chi connectivity index (χ0) is 14.7. The summed E-state index contributed by atoms with van der Waals surface area (Å²) >= 11 is 0. The Kier molecular flexibility index (Phi) is 4.66. The predicted octanol–water partition coefficient (Wildman–Crippen LogP) is 4.35. The lowest BCUT2D eigenvalue weighted by Crippen LogP contribution is -2.43. The van der Waals surface area contributed by atoms with Crippen molar-refractivity contribution < 1.29 is 27.0 Å². The van der Waals surface area contributed by atoms with Gasteiger partial charge in [-0.1, -0.05) is 13.8 Å². The van der Waals surface area contributed by atoms with E-state index in [0.717, 1.165) is 0 Å². The third-order valence-corrected chi connectivity index (χ3v) is 2.22. The SMILES string of the molecule is CC(C)COc1ccc(OC(C)(F)C(F)(F)F)cc1. The maximum atomic E-state index is 13.3. The van der Waals surface area contributed by atoms with Gasteiger partial charge in [0, 0.05) is 6.92 Å². The van der Waals surface area contributed by atoms with Gasteiger partial charge in [-0.2, -0.15) is 17.6 Å². The lowest BCUT2D eigenvalue weighted by atomic mass is 10.2. The summed E-state index contributed by atoms with van der Waals surface area (Å²) < 4.78 is 59.8. The van der Waals surface area contributed by atoms with Crippen molar-refractivity contribution in [3.8, 4) is 11.5 Å². The summed E-state index contributed by atoms with van der Waals surface area (Å²) in [5.74, 6) is -3.10. The summed E-state index contributed by atoms with van der Waals surface area (Å²) in [5.41, 5.74) is 0. The van der Waals surface area contributed by atoms with Crippen LogP contribution in [0.3, 0.4) is 0 Å². The molecule has 0 bridgehead atoms. The summed E-state index contributed by atoms with van der Waals surface area (Å²) in [6.07, 6.45) is -5.08. The highest BCUT2D eigenvalue weighted by Crippen LogP contribution is 2.35. The molecule has 0 amide bonds. The van der Waals surface area contributed by atoms with Gasteiger partial charge in [0.25, 0.3) is 0 Å². The fourth-order valence-electron chi connectivity index (χ4n) is 1.15. The van der Waals surface area contributed by atoms with Crippen molar-refractivity contribution in [2.45, 2.75) is 32.8 Å². The molecular formula is C13H16F4O2. The van der Waals surface area contributed by atoms with Gasteiger partial charge in [0.1, 0.15) is 11.5 Å². The average Bonchev–Trinajstić information content (AvgIpc) is 2.26. The van der Waals surface area contributed by atoms with Gasteiger partial charge in [0.2, 0.25) is 0 Å². The van der Waals surface area contributed by atoms with Crippen LogP contribution < -0.4 is 9.47 Å². The van der Waals surface area contributed by atoms with E-state index in [2.05, 4.69) is 4.74 Å². The van der Waals surface area contributed by atoms with E-state index < -0.39 is 12.0 Å². The highest BCUT2D eigenvalue weighted by atomic mass is 19.4. The first-order valence-electron chi connectivity index (χ1n) is 5.79. The maximum absolute atomic E-state index is 13.3. The van der Waals surface area contributed by atoms with E-state index in [1.54, 1.807) is 0 Å². The molecule has 0 spiro atoms. The predicted molar refractivity (Wildman–Crippen MR) is 63.0 cm³/mol. The third kappa shape index (κ3) is 4.61. The van der Waals surface area contributed by atoms with Gasteiger partial charge in [-0.25, -0.2) is 0 Å². The Morgan fingerprint density at radius 3 is 1.89 bits per heavy atom. The first-order chi connectivity index (χ1) is 8.62. The Morgan fingerprint density at radius 2 is 1.47 bits per heavy atom. The molecule has 0 saturated carbocycles. The molecule has 2 nitrogen and oxygen atoms in total. The molecule has 0 aliphatic carbocycles. The van der Waals surface area contributed by atoms with Gasteiger partial charge < -0.3 is 9.47 Å². The smallest absolute Gasteiger partial charge is 0.459 e. The summed E-state index contributed by atoms with van der Waals surface area (Å²) in [7, 11) is 0. The largest absolute Gasteiger partial charge is 0.493 e. The van der Waals surface area contributed by atoms with Crippen molar-refractivity contribution in [2.75, 3.05) is 6.61 Å². The highest BCUT2D eigenvalue weighted by molar-refractivity contribution is 5.31. The summed E-state index contributed by atoms with van der Waals surface area (Å²) in [6.45, 7) is 4.75. The first kappa shape index (κ1) is 15.6. The maximum Gasteiger partial charge on any atom is 0.459 e. The van der Waals surface area contributed by atoms with E-state index in [0.29, 0.717) is 25.2 Å². The van der Waals surface area contributed by atoms with Crippen LogP contribution in [-0.4, -0.2) is 18.6 Å². The Labute approximate surface area is 109 Å². The van der Waals surface area contributed by atoms with Gasteiger partial charge in [-0.3, -0.25) is 0 Å². The average molecular weight is 280 g/mol. The van der Waals surface area contributed by atoms with Crippen LogP contribution in [0.5, 0.6) is 11.5 Å². The van der Waals surface area contributed by atoms with Crippen LogP contribution in [-0.2, 0) is 0 Å². The number of alkyl halides is 4. The van der Waals surface area contributed by atoms with E-state index in [1.807, 2.05) is 13.8 Å². The molecule has 1 atom stereocenters. The molecule has 1 aromatic rings. The van der Waals surface area contributed by atoms with Crippen molar-refractivity contribution >= 4 is 0 Å². The van der Waals surface area contributed by atoms with Gasteiger partial charge in [0.15, 0.2) is 0 Å². The van der Waals surface area contributed by atoms with E-state index in [1.165, 1.54) is 24.3 Å². The summed E-state index contributed by atoms with van der Waals surface area (Å²) in [5, 5.41) is 0. The topological polar surface area (TPSA) is 18.5 Å². The van der Waals surface area contributed by atoms with Crippen LogP contribution in [0.15, 0.2) is 24.3 Å². The summed E-state index contributed by atoms with van der Waals surface area (Å²) in [6, 6.07) is 5.34. The number of ether oxygens (including phenoxy) is 2. The van der Waals surface area contributed by atoms with Gasteiger partial charge in [-0.05, 0) is 30.2 Å². The monoisotopic (exact) mass is 280 g/mol. The van der Waals surface area contributed by atoms with E-state index >= 15 is 0 Å². The van der Waals surface area contributed by atoms with E-state index in [4.69, 9.17) is 4.74 Å². The second-order valence-electron chi connectivity index (χ2n) is 4.69. The van der Waals surface area contributed by atoms with Crippen molar-refractivity contribution in [3.05, 3.63) is 24.3 Å². The number of halogens is 4. The standard InChI is InChI=1S/C13H16F4O2/c1-9(2)8-18-10-4-6-11(7-5-10)19-12(3,14)13(15,16)17/h4-7,9H,8H2,1-3H3. The quantitative estimate of drug-likeness (QED) is 0.747. The lowest BCUT2D eigenvalue weighted by molar-refractivity contribution is -0.293. The number of hydrogen-bond acceptors (Lipinski definition) is 2. The van der Waals surface area contributed by atoms with E-state index in [-0.39, 0.29) is 5.75 Å². The zero-order valence-corrected chi connectivity index (χ0v) is 10.9. The van der Waals surface area contributed by atoms with Crippen LogP contribution in [0.1, 0.15) is 20.8 Å². The second kappa shape index (κ2) is 5.67. The van der Waals surface area contributed by atoms with Crippen molar-refractivity contribution in [3.63, 3.8) is 0 Å². The fraction of sp³-hybridized carbons (Fsp3) is 0.538. The molecule has 1 rings (SSSR count). The molecule has 0 radical (unpaired) electrons. The van der Waals surface area contributed by atoms with Crippen LogP contribution in [0.2, 0.25) is 0 Å². The van der Waals surface area contributed by atoms with Crippen LogP contribution in [0, 0.1) is 5.92 Å². The number of hydrogen-bond donors (Lipinski definition) is 0. The molecule has 0 heterocycles. The lowest BCUT2D eigenvalue weighted by Gasteiger charge is -2.24. The Balaban J connectivity index is 2.67. The second-order valence-corrected chi connectivity index (χ2v) is 4.69. The molecular weight excluding hydrogens is 264 g/mol. The highest BCUT2D eigenvalue weighted by Gasteiger charge is 2.55. The Morgan fingerprint density at radius 1 is 1.00 bits per heavy atom. The van der Waals surface area contributed by atoms with Crippen LogP contribution in [0.4, 0.5) is 17.6 Å². The molecule has 0 aromatic heterocycles. The van der Waals surface area contributed by atoms with Crippen molar-refractivity contribution in [2.24, 2.45) is 5.92 Å². The molecule has 1 aromatic carbocycles. The molecule has 108 valence electrons. The number of rotatable bonds is 5. The minimum atomic E-state index is -5.08. The molecule has 0 aliphatic heterocycles. The molecule has 1 unspecified atom stereocenters. The molecule has 19 heavy (non-hydrogen) atoms. The van der Waals surface area contributed by atoms with Gasteiger partial charge >= 0.3 is 12.0 Å². The van der Waals surface area contributed by atoms with E-state index in [9.17, 15) is 17.6 Å². The van der Waals surface area contributed by atoms with Gasteiger partial charge in [0.05, 0.1) is 6.61 Å². The molecule has 0 fully saturated rings. The van der Waals surface area contributed by atoms with Gasteiger partial charge in [-0.15, -0.1) is 0 Å². The Hall–Kier alpha value is -1.46. The number of benzene rings is 1. The van der Waals surface area contributed by atoms with Crippen molar-refractivity contribution in [1.82, 2.24) is 0 Å². The Bertz CT molecular complexity index is 396. The molecule has 6 heteroatoms. The molecule has 0 N–H and O–H groups in total. The minimum absolute atomic E-state index is 0.209. The third-order valence-electron chi connectivity index (χ3n) is 2.22. The normalized spacial score (nSPS) is 15.2. The van der Waals surface area contributed by atoms with Crippen LogP contribution >= 0.6 is 0 Å². The minimum Gasteiger partial charge on any atom is -0.493 e. The van der Waals surface area contributed by atoms with Crippen LogP contribution in [0.25, 0.3) is 0 Å².